The fourth-order valence-electron chi connectivity index (χ4n) is 2.86. The summed E-state index contributed by atoms with van der Waals surface area (Å²) in [5.41, 5.74) is 0.0784. The highest BCUT2D eigenvalue weighted by molar-refractivity contribution is 6.06. The molecular weight excluding hydrogens is 384 g/mol. The third-order valence-corrected chi connectivity index (χ3v) is 4.29. The molecule has 1 aliphatic rings. The maximum absolute atomic E-state index is 12.7. The van der Waals surface area contributed by atoms with E-state index < -0.39 is 34.3 Å². The van der Waals surface area contributed by atoms with Gasteiger partial charge in [0, 0.05) is 30.0 Å². The van der Waals surface area contributed by atoms with Crippen LogP contribution in [0.15, 0.2) is 42.5 Å². The van der Waals surface area contributed by atoms with Gasteiger partial charge in [-0.25, -0.2) is 0 Å². The average molecular weight is 400 g/mol. The molecule has 150 valence electrons. The molecule has 1 unspecified atom stereocenters. The number of anilines is 2. The first-order valence-electron chi connectivity index (χ1n) is 8.61. The Balaban J connectivity index is 1.83. The number of ether oxygens (including phenoxy) is 1. The molecule has 0 aromatic heterocycles. The van der Waals surface area contributed by atoms with Crippen molar-refractivity contribution in [2.24, 2.45) is 0 Å². The first-order chi connectivity index (χ1) is 13.8. The number of nitrogens with zero attached hydrogens (tertiary/aromatic N) is 3. The Kier molecular flexibility index (Phi) is 5.39. The second-order valence-electron chi connectivity index (χ2n) is 6.20. The van der Waals surface area contributed by atoms with Crippen molar-refractivity contribution >= 4 is 34.6 Å². The van der Waals surface area contributed by atoms with Crippen LogP contribution in [0, 0.1) is 20.2 Å². The molecule has 1 aliphatic heterocycles. The minimum absolute atomic E-state index is 0.126. The van der Waals surface area contributed by atoms with E-state index in [2.05, 4.69) is 5.32 Å². The quantitative estimate of drug-likeness (QED) is 0.579. The molecule has 11 heteroatoms. The van der Waals surface area contributed by atoms with Gasteiger partial charge in [0.1, 0.15) is 12.3 Å². The van der Waals surface area contributed by atoms with Crippen molar-refractivity contribution in [1.29, 1.82) is 0 Å². The minimum Gasteiger partial charge on any atom is -0.478 e. The summed E-state index contributed by atoms with van der Waals surface area (Å²) >= 11 is 0. The fourth-order valence-corrected chi connectivity index (χ4v) is 2.86. The molecule has 29 heavy (non-hydrogen) atoms. The number of nitro groups is 2. The Morgan fingerprint density at radius 2 is 1.72 bits per heavy atom. The summed E-state index contributed by atoms with van der Waals surface area (Å²) < 4.78 is 5.58. The van der Waals surface area contributed by atoms with Crippen LogP contribution in [0.1, 0.15) is 13.3 Å². The number of rotatable bonds is 6. The number of amides is 2. The fraction of sp³-hybridized carbons (Fsp3) is 0.222. The molecule has 3 rings (SSSR count). The van der Waals surface area contributed by atoms with E-state index >= 15 is 0 Å². The Hall–Kier alpha value is -4.02. The lowest BCUT2D eigenvalue weighted by atomic mass is 10.1. The van der Waals surface area contributed by atoms with Gasteiger partial charge < -0.3 is 10.1 Å². The number of carbonyl (C=O) groups is 2. The molecule has 2 amide bonds. The van der Waals surface area contributed by atoms with Crippen LogP contribution in [0.2, 0.25) is 0 Å². The third-order valence-electron chi connectivity index (χ3n) is 4.29. The second kappa shape index (κ2) is 7.92. The first-order valence-corrected chi connectivity index (χ1v) is 8.61. The third kappa shape index (κ3) is 4.13. The standard InChI is InChI=1S/C18H16N4O7/c1-2-15-18(24)20(14-9-13(22(27)28)7-8-16(14)29-15)10-17(23)19-11-3-5-12(6-4-11)21(25)26/h3-9,15H,2,10H2,1H3,(H,19,23). The van der Waals surface area contributed by atoms with E-state index in [0.29, 0.717) is 12.1 Å². The van der Waals surface area contributed by atoms with Gasteiger partial charge in [0.05, 0.1) is 15.5 Å². The number of hydrogen-bond donors (Lipinski definition) is 1. The second-order valence-corrected chi connectivity index (χ2v) is 6.20. The molecule has 2 aromatic carbocycles. The summed E-state index contributed by atoms with van der Waals surface area (Å²) in [6.45, 7) is 1.35. The lowest BCUT2D eigenvalue weighted by Gasteiger charge is -2.33. The van der Waals surface area contributed by atoms with E-state index in [1.54, 1.807) is 6.92 Å². The van der Waals surface area contributed by atoms with E-state index in [1.165, 1.54) is 42.5 Å². The lowest BCUT2D eigenvalue weighted by Crippen LogP contribution is -2.48. The topological polar surface area (TPSA) is 145 Å². The van der Waals surface area contributed by atoms with Crippen LogP contribution in [0.25, 0.3) is 0 Å². The van der Waals surface area contributed by atoms with Gasteiger partial charge in [0.2, 0.25) is 5.91 Å². The van der Waals surface area contributed by atoms with Crippen molar-refractivity contribution in [1.82, 2.24) is 0 Å². The summed E-state index contributed by atoms with van der Waals surface area (Å²) in [6, 6.07) is 9.04. The molecule has 0 saturated heterocycles. The number of fused-ring (bicyclic) bond motifs is 1. The molecule has 1 atom stereocenters. The van der Waals surface area contributed by atoms with Crippen LogP contribution >= 0.6 is 0 Å². The molecule has 11 nitrogen and oxygen atoms in total. The molecule has 0 fully saturated rings. The monoisotopic (exact) mass is 400 g/mol. The smallest absolute Gasteiger partial charge is 0.271 e. The molecule has 0 aliphatic carbocycles. The molecule has 1 N–H and O–H groups in total. The van der Waals surface area contributed by atoms with E-state index in [0.717, 1.165) is 4.90 Å². The summed E-state index contributed by atoms with van der Waals surface area (Å²) in [7, 11) is 0. The van der Waals surface area contributed by atoms with Crippen LogP contribution in [0.5, 0.6) is 5.75 Å². The first kappa shape index (κ1) is 19.7. The SMILES string of the molecule is CCC1Oc2ccc([N+](=O)[O-])cc2N(CC(=O)Nc2ccc([N+](=O)[O-])cc2)C1=O. The number of hydrogen-bond acceptors (Lipinski definition) is 7. The van der Waals surface area contributed by atoms with Crippen LogP contribution in [-0.4, -0.2) is 34.3 Å². The van der Waals surface area contributed by atoms with E-state index in [-0.39, 0.29) is 22.8 Å². The number of benzene rings is 2. The van der Waals surface area contributed by atoms with Crippen LogP contribution in [0.3, 0.4) is 0 Å². The Bertz CT molecular complexity index is 990. The normalized spacial score (nSPS) is 15.3. The number of nitro benzene ring substituents is 2. The zero-order chi connectivity index (χ0) is 21.1. The maximum Gasteiger partial charge on any atom is 0.271 e. The number of carbonyl (C=O) groups excluding carboxylic acids is 2. The van der Waals surface area contributed by atoms with Gasteiger partial charge in [0.25, 0.3) is 17.3 Å². The number of non-ortho nitro benzene ring substituents is 2. The van der Waals surface area contributed by atoms with Gasteiger partial charge in [-0.15, -0.1) is 0 Å². The van der Waals surface area contributed by atoms with E-state index in [4.69, 9.17) is 4.74 Å². The van der Waals surface area contributed by atoms with Crippen molar-refractivity contribution in [3.05, 3.63) is 62.7 Å². The van der Waals surface area contributed by atoms with Crippen LogP contribution < -0.4 is 15.0 Å². The van der Waals surface area contributed by atoms with Gasteiger partial charge in [-0.1, -0.05) is 6.92 Å². The van der Waals surface area contributed by atoms with Crippen molar-refractivity contribution in [2.75, 3.05) is 16.8 Å². The summed E-state index contributed by atoms with van der Waals surface area (Å²) in [5, 5.41) is 24.3. The Labute approximate surface area is 164 Å². The summed E-state index contributed by atoms with van der Waals surface area (Å²) in [6.07, 6.45) is -0.452. The van der Waals surface area contributed by atoms with E-state index in [1.807, 2.05) is 0 Å². The van der Waals surface area contributed by atoms with Gasteiger partial charge in [-0.05, 0) is 24.6 Å². The molecule has 0 spiro atoms. The lowest BCUT2D eigenvalue weighted by molar-refractivity contribution is -0.385. The van der Waals surface area contributed by atoms with Crippen LogP contribution in [-0.2, 0) is 9.59 Å². The molecular formula is C18H16N4O7. The Morgan fingerprint density at radius 3 is 2.31 bits per heavy atom. The van der Waals surface area contributed by atoms with E-state index in [9.17, 15) is 29.8 Å². The van der Waals surface area contributed by atoms with Gasteiger partial charge >= 0.3 is 0 Å². The van der Waals surface area contributed by atoms with Gasteiger partial charge in [-0.2, -0.15) is 0 Å². The largest absolute Gasteiger partial charge is 0.478 e. The van der Waals surface area contributed by atoms with Crippen molar-refractivity contribution < 1.29 is 24.2 Å². The zero-order valence-corrected chi connectivity index (χ0v) is 15.2. The summed E-state index contributed by atoms with van der Waals surface area (Å²) in [4.78, 5) is 46.9. The molecule has 2 aromatic rings. The van der Waals surface area contributed by atoms with Crippen molar-refractivity contribution in [3.8, 4) is 5.75 Å². The predicted octanol–water partition coefficient (Wildman–Crippen LogP) is 2.65. The number of nitrogens with one attached hydrogen (secondary N) is 1. The Morgan fingerprint density at radius 1 is 1.10 bits per heavy atom. The van der Waals surface area contributed by atoms with Gasteiger partial charge in [-0.3, -0.25) is 34.7 Å². The maximum atomic E-state index is 12.7. The highest BCUT2D eigenvalue weighted by Gasteiger charge is 2.35. The predicted molar refractivity (Wildman–Crippen MR) is 102 cm³/mol. The minimum atomic E-state index is -0.809. The average Bonchev–Trinajstić information content (AvgIpc) is 2.69. The van der Waals surface area contributed by atoms with Crippen molar-refractivity contribution in [2.45, 2.75) is 19.4 Å². The molecule has 0 bridgehead atoms. The molecule has 0 radical (unpaired) electrons. The highest BCUT2D eigenvalue weighted by atomic mass is 16.6. The van der Waals surface area contributed by atoms with Crippen LogP contribution in [0.4, 0.5) is 22.7 Å². The molecule has 1 heterocycles. The zero-order valence-electron chi connectivity index (χ0n) is 15.2. The molecule has 0 saturated carbocycles. The van der Waals surface area contributed by atoms with Crippen molar-refractivity contribution in [3.63, 3.8) is 0 Å². The highest BCUT2D eigenvalue weighted by Crippen LogP contribution is 2.37. The van der Waals surface area contributed by atoms with Gasteiger partial charge in [0.15, 0.2) is 6.10 Å². The summed E-state index contributed by atoms with van der Waals surface area (Å²) in [5.74, 6) is -0.786.